The van der Waals surface area contributed by atoms with Crippen molar-refractivity contribution in [3.05, 3.63) is 48.3 Å². The van der Waals surface area contributed by atoms with Crippen LogP contribution in [0.1, 0.15) is 17.3 Å². The first-order valence-electron chi connectivity index (χ1n) is 8.63. The summed E-state index contributed by atoms with van der Waals surface area (Å²) < 4.78 is 0. The topological polar surface area (TPSA) is 94.6 Å². The van der Waals surface area contributed by atoms with Gasteiger partial charge < -0.3 is 20.4 Å². The minimum atomic E-state index is -0.261. The summed E-state index contributed by atoms with van der Waals surface area (Å²) in [6.07, 6.45) is 4.10. The summed E-state index contributed by atoms with van der Waals surface area (Å²) in [6.45, 7) is 4.15. The van der Waals surface area contributed by atoms with Gasteiger partial charge in [-0.1, -0.05) is 0 Å². The van der Waals surface area contributed by atoms with Gasteiger partial charge in [-0.05, 0) is 30.3 Å². The maximum absolute atomic E-state index is 12.5. The average Bonchev–Trinajstić information content (AvgIpc) is 2.69. The highest BCUT2D eigenvalue weighted by Crippen LogP contribution is 2.18. The van der Waals surface area contributed by atoms with Gasteiger partial charge in [-0.3, -0.25) is 19.4 Å². The summed E-state index contributed by atoms with van der Waals surface area (Å²) in [5.41, 5.74) is 2.60. The van der Waals surface area contributed by atoms with Gasteiger partial charge in [-0.25, -0.2) is 0 Å². The molecule has 8 heteroatoms. The van der Waals surface area contributed by atoms with Crippen LogP contribution in [-0.2, 0) is 9.59 Å². The Morgan fingerprint density at radius 1 is 1.00 bits per heavy atom. The van der Waals surface area contributed by atoms with Crippen molar-refractivity contribution in [1.29, 1.82) is 0 Å². The fraction of sp³-hybridized carbons (Fsp3) is 0.263. The predicted molar refractivity (Wildman–Crippen MR) is 103 cm³/mol. The normalized spacial score (nSPS) is 13.8. The summed E-state index contributed by atoms with van der Waals surface area (Å²) in [4.78, 5) is 42.4. The third kappa shape index (κ3) is 4.81. The van der Waals surface area contributed by atoms with Crippen LogP contribution >= 0.6 is 0 Å². The van der Waals surface area contributed by atoms with Gasteiger partial charge in [0.25, 0.3) is 5.91 Å². The first-order chi connectivity index (χ1) is 13.0. The van der Waals surface area contributed by atoms with E-state index in [0.717, 1.165) is 12.1 Å². The highest BCUT2D eigenvalue weighted by molar-refractivity contribution is 6.04. The van der Waals surface area contributed by atoms with Crippen molar-refractivity contribution >= 4 is 35.3 Å². The van der Waals surface area contributed by atoms with Gasteiger partial charge in [-0.2, -0.15) is 0 Å². The van der Waals surface area contributed by atoms with E-state index in [-0.39, 0.29) is 11.8 Å². The Morgan fingerprint density at radius 2 is 1.63 bits per heavy atom. The van der Waals surface area contributed by atoms with E-state index < -0.39 is 0 Å². The molecule has 0 spiro atoms. The van der Waals surface area contributed by atoms with Crippen LogP contribution in [0, 0.1) is 0 Å². The van der Waals surface area contributed by atoms with Crippen LogP contribution in [0.15, 0.2) is 42.7 Å². The predicted octanol–water partition coefficient (Wildman–Crippen LogP) is 1.57. The van der Waals surface area contributed by atoms with E-state index in [9.17, 15) is 14.4 Å². The number of piperazine rings is 1. The summed E-state index contributed by atoms with van der Waals surface area (Å²) in [5, 5.41) is 5.50. The molecule has 1 saturated heterocycles. The molecule has 8 nitrogen and oxygen atoms in total. The molecule has 0 unspecified atom stereocenters. The smallest absolute Gasteiger partial charge is 0.257 e. The number of hydrogen-bond donors (Lipinski definition) is 2. The number of rotatable bonds is 5. The lowest BCUT2D eigenvalue weighted by molar-refractivity contribution is -0.118. The summed E-state index contributed by atoms with van der Waals surface area (Å²) >= 11 is 0. The van der Waals surface area contributed by atoms with Gasteiger partial charge in [0.1, 0.15) is 0 Å². The van der Waals surface area contributed by atoms with Crippen molar-refractivity contribution in [1.82, 2.24) is 9.88 Å². The Kier molecular flexibility index (Phi) is 5.65. The minimum Gasteiger partial charge on any atom is -0.367 e. The van der Waals surface area contributed by atoms with Crippen LogP contribution < -0.4 is 15.5 Å². The lowest BCUT2D eigenvalue weighted by Gasteiger charge is -2.34. The van der Waals surface area contributed by atoms with E-state index in [1.54, 1.807) is 41.4 Å². The summed E-state index contributed by atoms with van der Waals surface area (Å²) in [6, 6.07) is 8.68. The number of nitrogens with zero attached hydrogens (tertiary/aromatic N) is 3. The van der Waals surface area contributed by atoms with Crippen molar-refractivity contribution in [2.24, 2.45) is 0 Å². The first-order valence-corrected chi connectivity index (χ1v) is 8.63. The SMILES string of the molecule is CC(=O)Nc1ccc(NC(=O)c2cncc(N3CCN(C=O)CC3)c2)cc1. The van der Waals surface area contributed by atoms with Crippen molar-refractivity contribution in [3.8, 4) is 0 Å². The second-order valence-electron chi connectivity index (χ2n) is 6.27. The molecule has 0 saturated carbocycles. The molecule has 0 aliphatic carbocycles. The molecule has 1 fully saturated rings. The number of benzene rings is 1. The molecule has 0 atom stereocenters. The molecule has 2 aromatic rings. The van der Waals surface area contributed by atoms with Crippen LogP contribution in [0.2, 0.25) is 0 Å². The number of amides is 3. The third-order valence-electron chi connectivity index (χ3n) is 4.28. The minimum absolute atomic E-state index is 0.149. The van der Waals surface area contributed by atoms with E-state index in [4.69, 9.17) is 0 Å². The standard InChI is InChI=1S/C19H21N5O3/c1-14(26)21-16-2-4-17(5-3-16)22-19(27)15-10-18(12-20-11-15)24-8-6-23(13-25)7-9-24/h2-5,10-13H,6-9H2,1H3,(H,21,26)(H,22,27). The van der Waals surface area contributed by atoms with Gasteiger partial charge in [0.15, 0.2) is 0 Å². The number of carbonyl (C=O) groups excluding carboxylic acids is 3. The van der Waals surface area contributed by atoms with Gasteiger partial charge >= 0.3 is 0 Å². The Balaban J connectivity index is 1.65. The van der Waals surface area contributed by atoms with E-state index >= 15 is 0 Å². The van der Waals surface area contributed by atoms with E-state index in [1.165, 1.54) is 13.1 Å². The highest BCUT2D eigenvalue weighted by atomic mass is 16.2. The average molecular weight is 367 g/mol. The monoisotopic (exact) mass is 367 g/mol. The zero-order valence-corrected chi connectivity index (χ0v) is 15.0. The highest BCUT2D eigenvalue weighted by Gasteiger charge is 2.17. The molecule has 140 valence electrons. The second-order valence-corrected chi connectivity index (χ2v) is 6.27. The number of nitrogens with one attached hydrogen (secondary N) is 2. The van der Waals surface area contributed by atoms with Crippen LogP contribution in [-0.4, -0.2) is 54.3 Å². The molecule has 2 N–H and O–H groups in total. The molecule has 1 aromatic heterocycles. The third-order valence-corrected chi connectivity index (χ3v) is 4.28. The zero-order chi connectivity index (χ0) is 19.2. The van der Waals surface area contributed by atoms with Gasteiger partial charge in [0.2, 0.25) is 12.3 Å². The van der Waals surface area contributed by atoms with E-state index in [2.05, 4.69) is 20.5 Å². The molecule has 0 radical (unpaired) electrons. The van der Waals surface area contributed by atoms with E-state index in [0.29, 0.717) is 43.1 Å². The molecule has 27 heavy (non-hydrogen) atoms. The zero-order valence-electron chi connectivity index (χ0n) is 15.0. The van der Waals surface area contributed by atoms with Crippen LogP contribution in [0.3, 0.4) is 0 Å². The van der Waals surface area contributed by atoms with Gasteiger partial charge in [-0.15, -0.1) is 0 Å². The lowest BCUT2D eigenvalue weighted by atomic mass is 10.2. The van der Waals surface area contributed by atoms with Crippen molar-refractivity contribution < 1.29 is 14.4 Å². The van der Waals surface area contributed by atoms with Crippen molar-refractivity contribution in [3.63, 3.8) is 0 Å². The number of pyridine rings is 1. The number of hydrogen-bond acceptors (Lipinski definition) is 5. The first kappa shape index (κ1) is 18.4. The fourth-order valence-electron chi connectivity index (χ4n) is 2.85. The molecule has 1 aromatic carbocycles. The molecular formula is C19H21N5O3. The van der Waals surface area contributed by atoms with Crippen molar-refractivity contribution in [2.75, 3.05) is 41.7 Å². The number of anilines is 3. The van der Waals surface area contributed by atoms with Crippen LogP contribution in [0.5, 0.6) is 0 Å². The molecule has 3 rings (SSSR count). The molecular weight excluding hydrogens is 346 g/mol. The van der Waals surface area contributed by atoms with Crippen LogP contribution in [0.25, 0.3) is 0 Å². The Hall–Kier alpha value is -3.42. The maximum Gasteiger partial charge on any atom is 0.257 e. The Morgan fingerprint density at radius 3 is 2.22 bits per heavy atom. The molecule has 3 amide bonds. The largest absolute Gasteiger partial charge is 0.367 e. The molecule has 2 heterocycles. The quantitative estimate of drug-likeness (QED) is 0.783. The van der Waals surface area contributed by atoms with Crippen LogP contribution in [0.4, 0.5) is 17.1 Å². The lowest BCUT2D eigenvalue weighted by Crippen LogP contribution is -2.45. The molecule has 1 aliphatic heterocycles. The van der Waals surface area contributed by atoms with E-state index in [1.807, 2.05) is 0 Å². The summed E-state index contributed by atoms with van der Waals surface area (Å²) in [7, 11) is 0. The molecule has 0 bridgehead atoms. The van der Waals surface area contributed by atoms with Gasteiger partial charge in [0.05, 0.1) is 17.4 Å². The number of aromatic nitrogens is 1. The summed E-state index contributed by atoms with van der Waals surface area (Å²) in [5.74, 6) is -0.410. The Labute approximate surface area is 157 Å². The maximum atomic E-state index is 12.5. The molecule has 1 aliphatic rings. The fourth-order valence-corrected chi connectivity index (χ4v) is 2.85. The second kappa shape index (κ2) is 8.31. The van der Waals surface area contributed by atoms with Gasteiger partial charge in [0, 0.05) is 50.7 Å². The van der Waals surface area contributed by atoms with Crippen molar-refractivity contribution in [2.45, 2.75) is 6.92 Å². The Bertz CT molecular complexity index is 829. The number of carbonyl (C=O) groups is 3.